The quantitative estimate of drug-likeness (QED) is 0.391. The lowest BCUT2D eigenvalue weighted by molar-refractivity contribution is 0.355. The molecule has 0 radical (unpaired) electrons. The topological polar surface area (TPSA) is 82.8 Å². The molecule has 3 aromatic carbocycles. The molecular formula is C27H25N5O. The van der Waals surface area contributed by atoms with Gasteiger partial charge >= 0.3 is 0 Å². The van der Waals surface area contributed by atoms with Gasteiger partial charge < -0.3 is 10.2 Å². The fourth-order valence-electron chi connectivity index (χ4n) is 4.03. The monoisotopic (exact) mass is 435 g/mol. The summed E-state index contributed by atoms with van der Waals surface area (Å²) >= 11 is 0. The summed E-state index contributed by atoms with van der Waals surface area (Å²) in [5.74, 6) is 0.806. The fourth-order valence-corrected chi connectivity index (χ4v) is 4.03. The van der Waals surface area contributed by atoms with Gasteiger partial charge in [0.2, 0.25) is 5.89 Å². The summed E-state index contributed by atoms with van der Waals surface area (Å²) < 4.78 is 8.11. The summed E-state index contributed by atoms with van der Waals surface area (Å²) in [5.41, 5.74) is 11.4. The molecule has 0 saturated carbocycles. The lowest BCUT2D eigenvalue weighted by atomic mass is 9.94. The van der Waals surface area contributed by atoms with Gasteiger partial charge in [-0.25, -0.2) is 4.68 Å². The molecule has 0 amide bonds. The lowest BCUT2D eigenvalue weighted by Gasteiger charge is -2.20. The van der Waals surface area contributed by atoms with Crippen LogP contribution >= 0.6 is 0 Å². The second kappa shape index (κ2) is 8.48. The van der Waals surface area contributed by atoms with E-state index in [-0.39, 0.29) is 0 Å². The van der Waals surface area contributed by atoms with E-state index < -0.39 is 5.54 Å². The minimum absolute atomic E-state index is 0.396. The normalized spacial score (nSPS) is 13.1. The van der Waals surface area contributed by atoms with Gasteiger partial charge in [0, 0.05) is 5.56 Å². The molecular weight excluding hydrogens is 410 g/mol. The first-order chi connectivity index (χ1) is 16.0. The largest absolute Gasteiger partial charge is 0.419 e. The molecule has 33 heavy (non-hydrogen) atoms. The number of rotatable bonds is 6. The fraction of sp³-hybridized carbons (Fsp3) is 0.148. The van der Waals surface area contributed by atoms with Crippen LogP contribution in [0.25, 0.3) is 28.4 Å². The highest BCUT2D eigenvalue weighted by Gasteiger charge is 2.31. The third-order valence-corrected chi connectivity index (χ3v) is 5.71. The van der Waals surface area contributed by atoms with Crippen LogP contribution in [0.5, 0.6) is 0 Å². The second-order valence-electron chi connectivity index (χ2n) is 8.41. The molecule has 6 nitrogen and oxygen atoms in total. The van der Waals surface area contributed by atoms with Gasteiger partial charge in [-0.15, -0.1) is 10.2 Å². The SMILES string of the molecule is Cc1c(-c2nnc([C@](C)(N)Cc3ccccc3)o2)c(-c2ccccc2)nn1-c1ccccc1. The third-order valence-electron chi connectivity index (χ3n) is 5.71. The molecule has 0 saturated heterocycles. The molecule has 0 unspecified atom stereocenters. The first kappa shape index (κ1) is 20.8. The van der Waals surface area contributed by atoms with Gasteiger partial charge in [0.15, 0.2) is 0 Å². The van der Waals surface area contributed by atoms with Crippen molar-refractivity contribution in [1.82, 2.24) is 20.0 Å². The van der Waals surface area contributed by atoms with Crippen LogP contribution in [0.4, 0.5) is 0 Å². The summed E-state index contributed by atoms with van der Waals surface area (Å²) in [7, 11) is 0. The molecule has 5 aromatic rings. The number of hydrogen-bond donors (Lipinski definition) is 1. The highest BCUT2D eigenvalue weighted by Crippen LogP contribution is 2.36. The van der Waals surface area contributed by atoms with E-state index in [2.05, 4.69) is 10.2 Å². The number of aromatic nitrogens is 4. The summed E-state index contributed by atoms with van der Waals surface area (Å²) in [6.45, 7) is 3.92. The van der Waals surface area contributed by atoms with Gasteiger partial charge in [-0.3, -0.25) is 0 Å². The Hall–Kier alpha value is -4.03. The maximum atomic E-state index is 6.63. The minimum Gasteiger partial charge on any atom is -0.419 e. The van der Waals surface area contributed by atoms with E-state index in [1.165, 1.54) is 0 Å². The van der Waals surface area contributed by atoms with E-state index in [4.69, 9.17) is 15.2 Å². The van der Waals surface area contributed by atoms with E-state index >= 15 is 0 Å². The zero-order valence-electron chi connectivity index (χ0n) is 18.6. The Balaban J connectivity index is 1.60. The Morgan fingerprint density at radius 1 is 0.848 bits per heavy atom. The first-order valence-electron chi connectivity index (χ1n) is 10.9. The Morgan fingerprint density at radius 2 is 1.45 bits per heavy atom. The molecule has 5 rings (SSSR count). The van der Waals surface area contributed by atoms with E-state index in [1.54, 1.807) is 0 Å². The van der Waals surface area contributed by atoms with E-state index in [1.807, 2.05) is 110 Å². The van der Waals surface area contributed by atoms with Gasteiger partial charge in [-0.2, -0.15) is 5.10 Å². The number of para-hydroxylation sites is 1. The predicted octanol–water partition coefficient (Wildman–Crippen LogP) is 5.31. The molecule has 0 aliphatic carbocycles. The Morgan fingerprint density at radius 3 is 2.12 bits per heavy atom. The van der Waals surface area contributed by atoms with Crippen molar-refractivity contribution in [2.24, 2.45) is 5.73 Å². The van der Waals surface area contributed by atoms with Crippen LogP contribution in [0.2, 0.25) is 0 Å². The van der Waals surface area contributed by atoms with Crippen LogP contribution < -0.4 is 5.73 Å². The average Bonchev–Trinajstić information content (AvgIpc) is 3.46. The van der Waals surface area contributed by atoms with Crippen LogP contribution in [0.3, 0.4) is 0 Å². The van der Waals surface area contributed by atoms with E-state index in [0.29, 0.717) is 18.2 Å². The molecule has 2 N–H and O–H groups in total. The summed E-state index contributed by atoms with van der Waals surface area (Å²) in [6.07, 6.45) is 0.587. The highest BCUT2D eigenvalue weighted by molar-refractivity contribution is 5.79. The zero-order valence-corrected chi connectivity index (χ0v) is 18.6. The summed E-state index contributed by atoms with van der Waals surface area (Å²) in [6, 6.07) is 30.1. The van der Waals surface area contributed by atoms with Gasteiger partial charge in [0.25, 0.3) is 5.89 Å². The molecule has 0 fully saturated rings. The van der Waals surface area contributed by atoms with Crippen molar-refractivity contribution in [3.8, 4) is 28.4 Å². The zero-order chi connectivity index (χ0) is 22.8. The van der Waals surface area contributed by atoms with Crippen molar-refractivity contribution >= 4 is 0 Å². The molecule has 0 aliphatic rings. The highest BCUT2D eigenvalue weighted by atomic mass is 16.4. The molecule has 164 valence electrons. The van der Waals surface area contributed by atoms with E-state index in [0.717, 1.165) is 33.8 Å². The van der Waals surface area contributed by atoms with Crippen molar-refractivity contribution < 1.29 is 4.42 Å². The number of benzene rings is 3. The van der Waals surface area contributed by atoms with Gasteiger partial charge in [-0.1, -0.05) is 78.9 Å². The minimum atomic E-state index is -0.803. The van der Waals surface area contributed by atoms with Crippen molar-refractivity contribution in [2.75, 3.05) is 0 Å². The van der Waals surface area contributed by atoms with Crippen LogP contribution in [-0.4, -0.2) is 20.0 Å². The first-order valence-corrected chi connectivity index (χ1v) is 10.9. The Labute approximate surface area is 192 Å². The summed E-state index contributed by atoms with van der Waals surface area (Å²) in [4.78, 5) is 0. The summed E-state index contributed by atoms with van der Waals surface area (Å²) in [5, 5.41) is 13.7. The molecule has 0 spiro atoms. The molecule has 2 aromatic heterocycles. The van der Waals surface area contributed by atoms with Crippen molar-refractivity contribution in [1.29, 1.82) is 0 Å². The number of nitrogens with two attached hydrogens (primary N) is 1. The van der Waals surface area contributed by atoms with Crippen molar-refractivity contribution in [3.05, 3.63) is 108 Å². The van der Waals surface area contributed by atoms with Gasteiger partial charge in [-0.05, 0) is 38.0 Å². The third kappa shape index (κ3) is 4.08. The Bertz CT molecular complexity index is 1360. The molecule has 0 bridgehead atoms. The predicted molar refractivity (Wildman–Crippen MR) is 129 cm³/mol. The maximum absolute atomic E-state index is 6.63. The Kier molecular flexibility index (Phi) is 5.36. The smallest absolute Gasteiger partial charge is 0.251 e. The molecule has 0 aliphatic heterocycles. The van der Waals surface area contributed by atoms with Crippen LogP contribution in [0, 0.1) is 6.92 Å². The molecule has 2 heterocycles. The number of nitrogens with zero attached hydrogens (tertiary/aromatic N) is 4. The lowest BCUT2D eigenvalue weighted by Crippen LogP contribution is -2.35. The second-order valence-corrected chi connectivity index (χ2v) is 8.41. The standard InChI is InChI=1S/C27H25N5O/c1-19-23(25-29-30-26(33-25)27(2,28)18-20-12-6-3-7-13-20)24(21-14-8-4-9-15-21)31-32(19)22-16-10-5-11-17-22/h3-17H,18,28H2,1-2H3/t27-/m1/s1. The molecule has 1 atom stereocenters. The maximum Gasteiger partial charge on any atom is 0.251 e. The van der Waals surface area contributed by atoms with Gasteiger partial charge in [0.05, 0.1) is 22.5 Å². The van der Waals surface area contributed by atoms with E-state index in [9.17, 15) is 0 Å². The van der Waals surface area contributed by atoms with Crippen molar-refractivity contribution in [3.63, 3.8) is 0 Å². The number of hydrogen-bond acceptors (Lipinski definition) is 5. The molecule has 6 heteroatoms. The van der Waals surface area contributed by atoms with Crippen LogP contribution in [-0.2, 0) is 12.0 Å². The average molecular weight is 436 g/mol. The van der Waals surface area contributed by atoms with Crippen LogP contribution in [0.15, 0.2) is 95.4 Å². The van der Waals surface area contributed by atoms with Crippen LogP contribution in [0.1, 0.15) is 24.1 Å². The van der Waals surface area contributed by atoms with Gasteiger partial charge in [0.1, 0.15) is 5.69 Å². The van der Waals surface area contributed by atoms with Crippen molar-refractivity contribution in [2.45, 2.75) is 25.8 Å².